The smallest absolute Gasteiger partial charge is 0.305 e. The molecule has 1 aliphatic rings. The van der Waals surface area contributed by atoms with Gasteiger partial charge < -0.3 is 14.9 Å². The average molecular weight is 276 g/mol. The first-order valence-corrected chi connectivity index (χ1v) is 6.79. The van der Waals surface area contributed by atoms with Crippen molar-refractivity contribution in [1.82, 2.24) is 4.90 Å². The average Bonchev–Trinajstić information content (AvgIpc) is 3.23. The molecule has 0 spiro atoms. The minimum absolute atomic E-state index is 0.00196. The van der Waals surface area contributed by atoms with Crippen LogP contribution in [0.3, 0.4) is 0 Å². The number of rotatable bonds is 6. The van der Waals surface area contributed by atoms with Crippen LogP contribution in [0.4, 0.5) is 5.69 Å². The van der Waals surface area contributed by atoms with Crippen LogP contribution < -0.4 is 4.90 Å². The summed E-state index contributed by atoms with van der Waals surface area (Å²) in [5, 5.41) is 8.77. The van der Waals surface area contributed by atoms with E-state index in [4.69, 9.17) is 5.11 Å². The number of carboxylic acids is 1. The number of aliphatic carboxylic acids is 1. The summed E-state index contributed by atoms with van der Waals surface area (Å²) in [5.41, 5.74) is 1.65. The Hall–Kier alpha value is -2.04. The molecular formula is C15H20N2O3. The number of benzene rings is 1. The lowest BCUT2D eigenvalue weighted by Crippen LogP contribution is -2.35. The van der Waals surface area contributed by atoms with E-state index >= 15 is 0 Å². The van der Waals surface area contributed by atoms with Crippen LogP contribution in [-0.4, -0.2) is 48.6 Å². The normalized spacial score (nSPS) is 13.9. The van der Waals surface area contributed by atoms with Gasteiger partial charge in [0.2, 0.25) is 0 Å². The van der Waals surface area contributed by atoms with Crippen molar-refractivity contribution >= 4 is 17.6 Å². The highest BCUT2D eigenvalue weighted by Gasteiger charge is 2.33. The van der Waals surface area contributed by atoms with E-state index in [-0.39, 0.29) is 24.9 Å². The van der Waals surface area contributed by atoms with Crippen LogP contribution in [0.15, 0.2) is 24.3 Å². The number of carboxylic acid groups (broad SMARTS) is 1. The molecule has 108 valence electrons. The Morgan fingerprint density at radius 3 is 2.25 bits per heavy atom. The van der Waals surface area contributed by atoms with E-state index in [1.54, 1.807) is 17.0 Å². The molecule has 0 radical (unpaired) electrons. The first-order valence-electron chi connectivity index (χ1n) is 6.79. The third kappa shape index (κ3) is 3.50. The Labute approximate surface area is 118 Å². The maximum Gasteiger partial charge on any atom is 0.305 e. The molecule has 2 rings (SSSR count). The molecule has 1 aromatic carbocycles. The topological polar surface area (TPSA) is 60.9 Å². The lowest BCUT2D eigenvalue weighted by atomic mass is 10.1. The van der Waals surface area contributed by atoms with E-state index in [0.717, 1.165) is 18.5 Å². The van der Waals surface area contributed by atoms with Gasteiger partial charge in [-0.1, -0.05) is 0 Å². The van der Waals surface area contributed by atoms with Crippen molar-refractivity contribution in [2.75, 3.05) is 25.5 Å². The molecule has 1 N–H and O–H groups in total. The van der Waals surface area contributed by atoms with Gasteiger partial charge >= 0.3 is 5.97 Å². The Bertz CT molecular complexity index is 492. The van der Waals surface area contributed by atoms with Crippen LogP contribution in [-0.2, 0) is 4.79 Å². The lowest BCUT2D eigenvalue weighted by molar-refractivity contribution is -0.137. The van der Waals surface area contributed by atoms with Gasteiger partial charge in [-0.3, -0.25) is 9.59 Å². The molecule has 1 aromatic rings. The van der Waals surface area contributed by atoms with E-state index in [9.17, 15) is 9.59 Å². The van der Waals surface area contributed by atoms with Crippen molar-refractivity contribution in [1.29, 1.82) is 0 Å². The van der Waals surface area contributed by atoms with Crippen molar-refractivity contribution in [3.63, 3.8) is 0 Å². The summed E-state index contributed by atoms with van der Waals surface area (Å²) in [6, 6.07) is 7.61. The van der Waals surface area contributed by atoms with E-state index in [1.165, 1.54) is 0 Å². The first kappa shape index (κ1) is 14.4. The van der Waals surface area contributed by atoms with Crippen LogP contribution >= 0.6 is 0 Å². The van der Waals surface area contributed by atoms with E-state index in [0.29, 0.717) is 5.56 Å². The molecule has 0 saturated heterocycles. The summed E-state index contributed by atoms with van der Waals surface area (Å²) >= 11 is 0. The maximum absolute atomic E-state index is 12.4. The van der Waals surface area contributed by atoms with Crippen molar-refractivity contribution in [2.45, 2.75) is 25.3 Å². The Balaban J connectivity index is 2.08. The molecular weight excluding hydrogens is 256 g/mol. The number of amides is 1. The fourth-order valence-electron chi connectivity index (χ4n) is 2.12. The number of hydrogen-bond acceptors (Lipinski definition) is 3. The molecule has 1 aliphatic carbocycles. The third-order valence-corrected chi connectivity index (χ3v) is 3.45. The molecule has 5 heteroatoms. The second kappa shape index (κ2) is 5.94. The predicted octanol–water partition coefficient (Wildman–Crippen LogP) is 1.83. The predicted molar refractivity (Wildman–Crippen MR) is 77.1 cm³/mol. The standard InChI is InChI=1S/C15H20N2O3/c1-16(2)12-5-3-11(4-6-12)15(20)17(13-7-8-13)10-9-14(18)19/h3-6,13H,7-10H2,1-2H3,(H,18,19). The molecule has 0 aromatic heterocycles. The second-order valence-corrected chi connectivity index (χ2v) is 5.31. The number of hydrogen-bond donors (Lipinski definition) is 1. The highest BCUT2D eigenvalue weighted by atomic mass is 16.4. The molecule has 1 amide bonds. The summed E-state index contributed by atoms with van der Waals surface area (Å²) in [6.45, 7) is 0.286. The van der Waals surface area contributed by atoms with Crippen molar-refractivity contribution in [2.24, 2.45) is 0 Å². The maximum atomic E-state index is 12.4. The summed E-state index contributed by atoms with van der Waals surface area (Å²) in [4.78, 5) is 26.8. The van der Waals surface area contributed by atoms with Crippen LogP contribution in [0.2, 0.25) is 0 Å². The fraction of sp³-hybridized carbons (Fsp3) is 0.467. The summed E-state index contributed by atoms with van der Waals surface area (Å²) in [6.07, 6.45) is 1.94. The minimum atomic E-state index is -0.869. The first-order chi connectivity index (χ1) is 9.49. The molecule has 0 aliphatic heterocycles. The second-order valence-electron chi connectivity index (χ2n) is 5.31. The fourth-order valence-corrected chi connectivity index (χ4v) is 2.12. The summed E-state index contributed by atoms with van der Waals surface area (Å²) < 4.78 is 0. The quantitative estimate of drug-likeness (QED) is 0.861. The Morgan fingerprint density at radius 2 is 1.80 bits per heavy atom. The van der Waals surface area contributed by atoms with Gasteiger partial charge in [0.1, 0.15) is 0 Å². The molecule has 5 nitrogen and oxygen atoms in total. The highest BCUT2D eigenvalue weighted by molar-refractivity contribution is 5.95. The zero-order valence-corrected chi connectivity index (χ0v) is 11.9. The lowest BCUT2D eigenvalue weighted by Gasteiger charge is -2.22. The largest absolute Gasteiger partial charge is 0.481 e. The highest BCUT2D eigenvalue weighted by Crippen LogP contribution is 2.28. The number of nitrogens with zero attached hydrogens (tertiary/aromatic N) is 2. The molecule has 0 heterocycles. The third-order valence-electron chi connectivity index (χ3n) is 3.45. The minimum Gasteiger partial charge on any atom is -0.481 e. The zero-order chi connectivity index (χ0) is 14.7. The van der Waals surface area contributed by atoms with Gasteiger partial charge in [0.25, 0.3) is 5.91 Å². The van der Waals surface area contributed by atoms with Gasteiger partial charge in [0.05, 0.1) is 6.42 Å². The van der Waals surface area contributed by atoms with E-state index < -0.39 is 5.97 Å². The number of anilines is 1. The van der Waals surface area contributed by atoms with Gasteiger partial charge in [0.15, 0.2) is 0 Å². The SMILES string of the molecule is CN(C)c1ccc(C(=O)N(CCC(=O)O)C2CC2)cc1. The van der Waals surface area contributed by atoms with Crippen LogP contribution in [0, 0.1) is 0 Å². The summed E-state index contributed by atoms with van der Waals surface area (Å²) in [5.74, 6) is -0.939. The van der Waals surface area contributed by atoms with Gasteiger partial charge in [-0.05, 0) is 37.1 Å². The van der Waals surface area contributed by atoms with Crippen LogP contribution in [0.1, 0.15) is 29.6 Å². The molecule has 1 saturated carbocycles. The number of carbonyl (C=O) groups is 2. The molecule has 20 heavy (non-hydrogen) atoms. The molecule has 0 atom stereocenters. The van der Waals surface area contributed by atoms with Gasteiger partial charge in [-0.15, -0.1) is 0 Å². The Kier molecular flexibility index (Phi) is 4.27. The van der Waals surface area contributed by atoms with Crippen LogP contribution in [0.5, 0.6) is 0 Å². The molecule has 1 fully saturated rings. The van der Waals surface area contributed by atoms with Gasteiger partial charge in [-0.2, -0.15) is 0 Å². The summed E-state index contributed by atoms with van der Waals surface area (Å²) in [7, 11) is 3.89. The van der Waals surface area contributed by atoms with E-state index in [2.05, 4.69) is 0 Å². The van der Waals surface area contributed by atoms with Crippen molar-refractivity contribution in [3.8, 4) is 0 Å². The zero-order valence-electron chi connectivity index (χ0n) is 11.9. The van der Waals surface area contributed by atoms with Gasteiger partial charge in [0, 0.05) is 37.9 Å². The monoisotopic (exact) mass is 276 g/mol. The molecule has 0 bridgehead atoms. The van der Waals surface area contributed by atoms with Gasteiger partial charge in [-0.25, -0.2) is 0 Å². The Morgan fingerprint density at radius 1 is 1.20 bits per heavy atom. The van der Waals surface area contributed by atoms with Crippen LogP contribution in [0.25, 0.3) is 0 Å². The van der Waals surface area contributed by atoms with Crippen molar-refractivity contribution < 1.29 is 14.7 Å². The van der Waals surface area contributed by atoms with E-state index in [1.807, 2.05) is 31.1 Å². The number of carbonyl (C=O) groups excluding carboxylic acids is 1. The van der Waals surface area contributed by atoms with Crippen molar-refractivity contribution in [3.05, 3.63) is 29.8 Å². The molecule has 0 unspecified atom stereocenters.